The second-order valence-corrected chi connectivity index (χ2v) is 13.6. The molecule has 0 aliphatic rings. The zero-order chi connectivity index (χ0) is 32.6. The number of aromatic nitrogens is 4. The van der Waals surface area contributed by atoms with Crippen molar-refractivity contribution >= 4 is 12.2 Å². The summed E-state index contributed by atoms with van der Waals surface area (Å²) in [5.74, 6) is 1.19. The Morgan fingerprint density at radius 1 is 0.659 bits per heavy atom. The lowest BCUT2D eigenvalue weighted by Gasteiger charge is -2.48. The van der Waals surface area contributed by atoms with Crippen LogP contribution in [-0.2, 0) is 0 Å². The van der Waals surface area contributed by atoms with E-state index < -0.39 is 24.3 Å². The van der Waals surface area contributed by atoms with Gasteiger partial charge in [0.1, 0.15) is 11.6 Å². The van der Waals surface area contributed by atoms with Gasteiger partial charge in [-0.25, -0.2) is 19.6 Å². The number of aromatic amines is 2. The topological polar surface area (TPSA) is 138 Å². The predicted molar refractivity (Wildman–Crippen MR) is 172 cm³/mol. The van der Waals surface area contributed by atoms with E-state index >= 15 is 0 Å². The molecular formula is C34H44N6O4. The third kappa shape index (κ3) is 6.79. The maximum atomic E-state index is 12.5. The summed E-state index contributed by atoms with van der Waals surface area (Å²) in [5, 5.41) is 19.5. The molecule has 0 saturated carbocycles. The summed E-state index contributed by atoms with van der Waals surface area (Å²) in [6, 6.07) is 15.1. The van der Waals surface area contributed by atoms with Crippen LogP contribution >= 0.6 is 0 Å². The maximum absolute atomic E-state index is 12.5. The minimum atomic E-state index is -1.01. The zero-order valence-electron chi connectivity index (χ0n) is 27.0. The molecule has 2 heterocycles. The number of H-pyrrole nitrogens is 2. The molecule has 0 unspecified atom stereocenters. The van der Waals surface area contributed by atoms with E-state index in [9.17, 15) is 19.8 Å². The summed E-state index contributed by atoms with van der Waals surface area (Å²) >= 11 is 0. The number of benzene rings is 2. The molecule has 0 aliphatic heterocycles. The summed E-state index contributed by atoms with van der Waals surface area (Å²) in [6.45, 7) is 16.1. The van der Waals surface area contributed by atoms with Crippen molar-refractivity contribution in [1.82, 2.24) is 29.7 Å². The van der Waals surface area contributed by atoms with Gasteiger partial charge in [0.25, 0.3) is 0 Å². The Bertz CT molecular complexity index is 1580. The van der Waals surface area contributed by atoms with Crippen LogP contribution < -0.4 is 0 Å². The molecule has 2 amide bonds. The fourth-order valence-corrected chi connectivity index (χ4v) is 6.19. The van der Waals surface area contributed by atoms with Gasteiger partial charge in [-0.1, -0.05) is 90.1 Å². The molecule has 0 bridgehead atoms. The Balaban J connectivity index is 1.51. The van der Waals surface area contributed by atoms with Crippen LogP contribution in [0.5, 0.6) is 0 Å². The molecule has 0 aliphatic carbocycles. The summed E-state index contributed by atoms with van der Waals surface area (Å²) < 4.78 is 0. The van der Waals surface area contributed by atoms with E-state index in [0.29, 0.717) is 11.6 Å². The first kappa shape index (κ1) is 32.3. The highest BCUT2D eigenvalue weighted by Crippen LogP contribution is 2.41. The molecule has 2 aromatic carbocycles. The molecule has 4 aromatic rings. The van der Waals surface area contributed by atoms with E-state index in [2.05, 4.69) is 61.5 Å². The highest BCUT2D eigenvalue weighted by molar-refractivity contribution is 5.72. The maximum Gasteiger partial charge on any atom is 0.408 e. The third-order valence-corrected chi connectivity index (χ3v) is 8.15. The molecule has 234 valence electrons. The fourth-order valence-electron chi connectivity index (χ4n) is 6.19. The van der Waals surface area contributed by atoms with E-state index in [1.165, 1.54) is 16.8 Å². The second-order valence-electron chi connectivity index (χ2n) is 13.6. The molecule has 0 radical (unpaired) electrons. The quantitative estimate of drug-likeness (QED) is 0.160. The van der Waals surface area contributed by atoms with Gasteiger partial charge in [0, 0.05) is 13.1 Å². The number of imidazole rings is 2. The van der Waals surface area contributed by atoms with E-state index in [4.69, 9.17) is 0 Å². The molecule has 0 spiro atoms. The summed E-state index contributed by atoms with van der Waals surface area (Å²) in [4.78, 5) is 42.1. The van der Waals surface area contributed by atoms with Gasteiger partial charge in [-0.2, -0.15) is 0 Å². The van der Waals surface area contributed by atoms with E-state index in [1.54, 1.807) is 19.3 Å². The van der Waals surface area contributed by atoms with Gasteiger partial charge in [-0.15, -0.1) is 0 Å². The van der Waals surface area contributed by atoms with Crippen LogP contribution in [-0.4, -0.2) is 65.2 Å². The number of amides is 2. The molecule has 0 saturated heterocycles. The van der Waals surface area contributed by atoms with Crippen LogP contribution in [0.25, 0.3) is 33.6 Å². The zero-order valence-corrected chi connectivity index (χ0v) is 27.0. The van der Waals surface area contributed by atoms with Gasteiger partial charge in [0.05, 0.1) is 35.9 Å². The van der Waals surface area contributed by atoms with Gasteiger partial charge in [-0.05, 0) is 46.9 Å². The first-order chi connectivity index (χ1) is 20.5. The standard InChI is InChI=1S/C34H44N6O4/c1-20(39(9)31(41)42)28-35-18-26(37-28)24-14-10-22(11-15-24)23-12-16-25(17-13-23)27-19-36-29(38-27)21(2)40(32(43)44)30(33(3,4)5)34(6,7)8/h10-21,30H,1-9H3,(H,35,37)(H,36,38)(H,41,42)(H,43,44)/t20-,21-/m0/s1. The van der Waals surface area contributed by atoms with Crippen LogP contribution in [0, 0.1) is 10.8 Å². The van der Waals surface area contributed by atoms with Gasteiger partial charge in [-0.3, -0.25) is 4.90 Å². The van der Waals surface area contributed by atoms with Gasteiger partial charge in [0.15, 0.2) is 0 Å². The Hall–Kier alpha value is -4.60. The molecule has 2 aromatic heterocycles. The van der Waals surface area contributed by atoms with E-state index in [0.717, 1.165) is 33.6 Å². The summed E-state index contributed by atoms with van der Waals surface area (Å²) in [5.41, 5.74) is 5.09. The van der Waals surface area contributed by atoms with E-state index in [1.807, 2.05) is 55.5 Å². The molecule has 44 heavy (non-hydrogen) atoms. The normalized spacial score (nSPS) is 13.5. The average molecular weight is 601 g/mol. The smallest absolute Gasteiger partial charge is 0.408 e. The molecule has 10 nitrogen and oxygen atoms in total. The van der Waals surface area contributed by atoms with Crippen molar-refractivity contribution < 1.29 is 19.8 Å². The number of nitrogens with one attached hydrogen (secondary N) is 2. The lowest BCUT2D eigenvalue weighted by atomic mass is 9.70. The van der Waals surface area contributed by atoms with Crippen molar-refractivity contribution in [1.29, 1.82) is 0 Å². The molecule has 10 heteroatoms. The largest absolute Gasteiger partial charge is 0.465 e. The third-order valence-electron chi connectivity index (χ3n) is 8.15. The first-order valence-corrected chi connectivity index (χ1v) is 14.8. The molecule has 4 N–H and O–H groups in total. The number of carbonyl (C=O) groups is 2. The lowest BCUT2D eigenvalue weighted by Crippen LogP contribution is -2.54. The van der Waals surface area contributed by atoms with Gasteiger partial charge < -0.3 is 25.1 Å². The van der Waals surface area contributed by atoms with Gasteiger partial charge >= 0.3 is 12.2 Å². The fraction of sp³-hybridized carbons (Fsp3) is 0.412. The Morgan fingerprint density at radius 2 is 1.02 bits per heavy atom. The molecular weight excluding hydrogens is 556 g/mol. The van der Waals surface area contributed by atoms with Crippen LogP contribution in [0.3, 0.4) is 0 Å². The van der Waals surface area contributed by atoms with E-state index in [-0.39, 0.29) is 16.9 Å². The van der Waals surface area contributed by atoms with Crippen molar-refractivity contribution in [3.63, 3.8) is 0 Å². The number of nitrogens with zero attached hydrogens (tertiary/aromatic N) is 4. The highest BCUT2D eigenvalue weighted by Gasteiger charge is 2.44. The Morgan fingerprint density at radius 3 is 1.36 bits per heavy atom. The Kier molecular flexibility index (Phi) is 8.95. The summed E-state index contributed by atoms with van der Waals surface area (Å²) in [7, 11) is 1.52. The lowest BCUT2D eigenvalue weighted by molar-refractivity contribution is 0.0000144. The first-order valence-electron chi connectivity index (χ1n) is 14.8. The van der Waals surface area contributed by atoms with Crippen molar-refractivity contribution in [2.45, 2.75) is 73.5 Å². The minimum Gasteiger partial charge on any atom is -0.465 e. The average Bonchev–Trinajstić information content (AvgIpc) is 3.64. The number of rotatable bonds is 8. The van der Waals surface area contributed by atoms with Gasteiger partial charge in [0.2, 0.25) is 0 Å². The summed E-state index contributed by atoms with van der Waals surface area (Å²) in [6.07, 6.45) is 1.50. The molecule has 4 rings (SSSR count). The van der Waals surface area contributed by atoms with Crippen LogP contribution in [0.15, 0.2) is 60.9 Å². The Labute approximate surface area is 259 Å². The monoisotopic (exact) mass is 600 g/mol. The second kappa shape index (κ2) is 12.2. The molecule has 2 atom stereocenters. The molecule has 0 fully saturated rings. The van der Waals surface area contributed by atoms with Crippen molar-refractivity contribution in [2.75, 3.05) is 7.05 Å². The number of carboxylic acid groups (broad SMARTS) is 2. The highest BCUT2D eigenvalue weighted by atomic mass is 16.4. The van der Waals surface area contributed by atoms with Crippen LogP contribution in [0.1, 0.15) is 79.1 Å². The number of hydrogen-bond acceptors (Lipinski definition) is 4. The number of hydrogen-bond donors (Lipinski definition) is 4. The van der Waals surface area contributed by atoms with Crippen molar-refractivity contribution in [2.24, 2.45) is 10.8 Å². The van der Waals surface area contributed by atoms with Crippen LogP contribution in [0.2, 0.25) is 0 Å². The minimum absolute atomic E-state index is 0.237. The van der Waals surface area contributed by atoms with Crippen LogP contribution in [0.4, 0.5) is 9.59 Å². The SMILES string of the molecule is C[C@@H](c1ncc(-c2ccc(-c3ccc(-c4cnc([C@H](C)N(C(=O)O)C(C(C)(C)C)C(C)(C)C)[nH]4)cc3)cc2)[nH]1)N(C)C(=O)O. The predicted octanol–water partition coefficient (Wildman–Crippen LogP) is 8.31. The van der Waals surface area contributed by atoms with Crippen molar-refractivity contribution in [3.8, 4) is 33.6 Å². The van der Waals surface area contributed by atoms with Crippen molar-refractivity contribution in [3.05, 3.63) is 72.6 Å².